The van der Waals surface area contributed by atoms with Crippen LogP contribution >= 0.6 is 0 Å². The van der Waals surface area contributed by atoms with Crippen molar-refractivity contribution in [2.24, 2.45) is 11.1 Å². The van der Waals surface area contributed by atoms with E-state index in [1.54, 1.807) is 14.2 Å². The van der Waals surface area contributed by atoms with E-state index in [-0.39, 0.29) is 5.92 Å². The van der Waals surface area contributed by atoms with Crippen LogP contribution in [0.2, 0.25) is 0 Å². The lowest BCUT2D eigenvalue weighted by atomic mass is 10.0. The lowest BCUT2D eigenvalue weighted by molar-refractivity contribution is -0.217. The van der Waals surface area contributed by atoms with Gasteiger partial charge in [-0.05, 0) is 44.4 Å². The van der Waals surface area contributed by atoms with Crippen molar-refractivity contribution in [2.75, 3.05) is 34.0 Å². The molecule has 1 N–H and O–H groups in total. The van der Waals surface area contributed by atoms with E-state index in [1.807, 2.05) is 25.1 Å². The minimum atomic E-state index is -1.11. The van der Waals surface area contributed by atoms with Crippen LogP contribution in [0.15, 0.2) is 23.4 Å². The van der Waals surface area contributed by atoms with Gasteiger partial charge >= 0.3 is 5.97 Å². The van der Waals surface area contributed by atoms with Gasteiger partial charge in [-0.1, -0.05) is 11.6 Å². The maximum absolute atomic E-state index is 10.7. The Bertz CT molecular complexity index is 654. The number of unbranched alkanes of at least 4 members (excludes halogenated alkanes) is 2. The lowest BCUT2D eigenvalue weighted by Gasteiger charge is -2.26. The summed E-state index contributed by atoms with van der Waals surface area (Å²) in [5.74, 6) is 0.508. The van der Waals surface area contributed by atoms with Crippen molar-refractivity contribution in [1.82, 2.24) is 0 Å². The Morgan fingerprint density at radius 2 is 1.86 bits per heavy atom. The molecule has 156 valence electrons. The molecule has 1 fully saturated rings. The van der Waals surface area contributed by atoms with Crippen LogP contribution < -0.4 is 9.47 Å². The second kappa shape index (κ2) is 11.5. The monoisotopic (exact) mass is 395 g/mol. The van der Waals surface area contributed by atoms with Crippen LogP contribution in [0.3, 0.4) is 0 Å². The van der Waals surface area contributed by atoms with Crippen LogP contribution in [0.5, 0.6) is 11.5 Å². The van der Waals surface area contributed by atoms with Crippen LogP contribution in [0, 0.1) is 5.92 Å². The van der Waals surface area contributed by atoms with E-state index >= 15 is 0 Å². The maximum Gasteiger partial charge on any atom is 0.361 e. The summed E-state index contributed by atoms with van der Waals surface area (Å²) in [5, 5.41) is 13.0. The molecule has 1 saturated heterocycles. The molecular formula is C20H29NO7. The molecule has 1 aromatic carbocycles. The third-order valence-corrected chi connectivity index (χ3v) is 4.52. The Balaban J connectivity index is 1.61. The number of methoxy groups -OCH3 is 2. The van der Waals surface area contributed by atoms with Gasteiger partial charge in [-0.2, -0.15) is 0 Å². The van der Waals surface area contributed by atoms with E-state index in [0.29, 0.717) is 31.3 Å². The first kappa shape index (κ1) is 22.0. The minimum Gasteiger partial charge on any atom is -0.493 e. The van der Waals surface area contributed by atoms with Crippen molar-refractivity contribution >= 4 is 11.7 Å². The van der Waals surface area contributed by atoms with E-state index in [9.17, 15) is 4.79 Å². The van der Waals surface area contributed by atoms with Gasteiger partial charge in [0.15, 0.2) is 11.5 Å². The molecule has 0 spiro atoms. The Hall–Kier alpha value is -2.32. The number of carbonyl (C=O) groups is 1. The fourth-order valence-corrected chi connectivity index (χ4v) is 2.89. The molecule has 0 saturated carbocycles. The quantitative estimate of drug-likeness (QED) is 0.349. The van der Waals surface area contributed by atoms with Gasteiger partial charge in [-0.15, -0.1) is 0 Å². The minimum absolute atomic E-state index is 0.252. The standard InChI is InChI=1S/C20H29NO7/c1-14(16-8-9-17(24-2)18(11-16)25-3)21-28-10-6-4-5-7-15-12-26-20(19(22)23)27-13-15/h8-9,11,15,20H,4-7,10,12-13H2,1-3H3,(H,22,23)/b21-14+. The fraction of sp³-hybridized carbons (Fsp3) is 0.600. The molecule has 0 bridgehead atoms. The topological polar surface area (TPSA) is 95.8 Å². The van der Waals surface area contributed by atoms with Gasteiger partial charge in [0, 0.05) is 11.5 Å². The van der Waals surface area contributed by atoms with Crippen molar-refractivity contribution < 1.29 is 33.7 Å². The summed E-state index contributed by atoms with van der Waals surface area (Å²) < 4.78 is 20.9. The molecule has 1 aliphatic rings. The fourth-order valence-electron chi connectivity index (χ4n) is 2.89. The zero-order chi connectivity index (χ0) is 20.4. The number of benzene rings is 1. The van der Waals surface area contributed by atoms with Crippen molar-refractivity contribution in [3.63, 3.8) is 0 Å². The van der Waals surface area contributed by atoms with E-state index < -0.39 is 12.3 Å². The van der Waals surface area contributed by atoms with E-state index in [4.69, 9.17) is 28.9 Å². The van der Waals surface area contributed by atoms with Crippen molar-refractivity contribution in [2.45, 2.75) is 38.9 Å². The second-order valence-electron chi connectivity index (χ2n) is 6.63. The summed E-state index contributed by atoms with van der Waals surface area (Å²) in [7, 11) is 3.20. The predicted octanol–water partition coefficient (Wildman–Crippen LogP) is 3.08. The largest absolute Gasteiger partial charge is 0.493 e. The van der Waals surface area contributed by atoms with E-state index in [2.05, 4.69) is 5.16 Å². The first-order chi connectivity index (χ1) is 13.5. The molecule has 0 radical (unpaired) electrons. The first-order valence-electron chi connectivity index (χ1n) is 9.40. The zero-order valence-electron chi connectivity index (χ0n) is 16.7. The summed E-state index contributed by atoms with van der Waals surface area (Å²) in [6.07, 6.45) is 2.74. The smallest absolute Gasteiger partial charge is 0.361 e. The second-order valence-corrected chi connectivity index (χ2v) is 6.63. The van der Waals surface area contributed by atoms with Gasteiger partial charge in [0.2, 0.25) is 0 Å². The van der Waals surface area contributed by atoms with Crippen LogP contribution in [-0.2, 0) is 19.1 Å². The highest BCUT2D eigenvalue weighted by Crippen LogP contribution is 2.27. The summed E-state index contributed by atoms with van der Waals surface area (Å²) in [6, 6.07) is 5.61. The summed E-state index contributed by atoms with van der Waals surface area (Å²) in [4.78, 5) is 16.1. The predicted molar refractivity (Wildman–Crippen MR) is 103 cm³/mol. The van der Waals surface area contributed by atoms with Gasteiger partial charge in [0.25, 0.3) is 6.29 Å². The van der Waals surface area contributed by atoms with Crippen molar-refractivity contribution in [1.29, 1.82) is 0 Å². The molecular weight excluding hydrogens is 366 g/mol. The summed E-state index contributed by atoms with van der Waals surface area (Å²) in [6.45, 7) is 3.29. The van der Waals surface area contributed by atoms with Gasteiger partial charge in [-0.3, -0.25) is 0 Å². The average molecular weight is 395 g/mol. The number of hydrogen-bond donors (Lipinski definition) is 1. The van der Waals surface area contributed by atoms with Gasteiger partial charge < -0.3 is 28.9 Å². The lowest BCUT2D eigenvalue weighted by Crippen LogP contribution is -2.37. The Morgan fingerprint density at radius 3 is 2.50 bits per heavy atom. The number of rotatable bonds is 11. The highest BCUT2D eigenvalue weighted by Gasteiger charge is 2.26. The van der Waals surface area contributed by atoms with E-state index in [1.165, 1.54) is 0 Å². The molecule has 8 nitrogen and oxygen atoms in total. The highest BCUT2D eigenvalue weighted by atomic mass is 16.7. The molecule has 8 heteroatoms. The number of hydrogen-bond acceptors (Lipinski definition) is 7. The Labute approximate surface area is 165 Å². The van der Waals surface area contributed by atoms with Crippen LogP contribution in [-0.4, -0.2) is 57.1 Å². The molecule has 28 heavy (non-hydrogen) atoms. The van der Waals surface area contributed by atoms with Gasteiger partial charge in [-0.25, -0.2) is 4.79 Å². The zero-order valence-corrected chi connectivity index (χ0v) is 16.7. The van der Waals surface area contributed by atoms with Crippen LogP contribution in [0.25, 0.3) is 0 Å². The SMILES string of the molecule is COc1ccc(/C(C)=N/OCCCCCC2COC(C(=O)O)OC2)cc1OC. The number of aliphatic carboxylic acids is 1. The number of nitrogens with zero attached hydrogens (tertiary/aromatic N) is 1. The molecule has 0 unspecified atom stereocenters. The maximum atomic E-state index is 10.7. The number of ether oxygens (including phenoxy) is 4. The highest BCUT2D eigenvalue weighted by molar-refractivity contribution is 5.98. The molecule has 0 aliphatic carbocycles. The molecule has 0 atom stereocenters. The van der Waals surface area contributed by atoms with E-state index in [0.717, 1.165) is 37.0 Å². The first-order valence-corrected chi connectivity index (χ1v) is 9.40. The molecule has 2 rings (SSSR count). The number of carboxylic acids is 1. The Morgan fingerprint density at radius 1 is 1.14 bits per heavy atom. The number of oxime groups is 1. The number of carboxylic acid groups (broad SMARTS) is 1. The third-order valence-electron chi connectivity index (χ3n) is 4.52. The summed E-state index contributed by atoms with van der Waals surface area (Å²) >= 11 is 0. The molecule has 1 heterocycles. The molecule has 1 aromatic rings. The summed E-state index contributed by atoms with van der Waals surface area (Å²) in [5.41, 5.74) is 1.68. The molecule has 0 amide bonds. The van der Waals surface area contributed by atoms with Crippen molar-refractivity contribution in [3.8, 4) is 11.5 Å². The van der Waals surface area contributed by atoms with Crippen LogP contribution in [0.4, 0.5) is 0 Å². The normalized spacial score (nSPS) is 19.9. The van der Waals surface area contributed by atoms with Crippen LogP contribution in [0.1, 0.15) is 38.2 Å². The average Bonchev–Trinajstić information content (AvgIpc) is 2.72. The van der Waals surface area contributed by atoms with Crippen molar-refractivity contribution in [3.05, 3.63) is 23.8 Å². The molecule has 1 aliphatic heterocycles. The van der Waals surface area contributed by atoms with Gasteiger partial charge in [0.1, 0.15) is 6.61 Å². The third kappa shape index (κ3) is 6.69. The Kier molecular flexibility index (Phi) is 9.03. The molecule has 0 aromatic heterocycles. The van der Waals surface area contributed by atoms with Gasteiger partial charge in [0.05, 0.1) is 33.1 Å².